The van der Waals surface area contributed by atoms with Crippen LogP contribution in [0.5, 0.6) is 0 Å². The third-order valence-corrected chi connectivity index (χ3v) is 3.72. The van der Waals surface area contributed by atoms with Gasteiger partial charge in [0.1, 0.15) is 0 Å². The lowest BCUT2D eigenvalue weighted by atomic mass is 9.96. The lowest BCUT2D eigenvalue weighted by Crippen LogP contribution is -2.31. The summed E-state index contributed by atoms with van der Waals surface area (Å²) in [4.78, 5) is 22.1. The van der Waals surface area contributed by atoms with Crippen molar-refractivity contribution in [2.75, 3.05) is 11.9 Å². The number of aryl methyl sites for hydroxylation is 1. The third kappa shape index (κ3) is 4.47. The van der Waals surface area contributed by atoms with Crippen molar-refractivity contribution in [3.8, 4) is 0 Å². The number of aliphatic carboxylic acids is 1. The van der Waals surface area contributed by atoms with E-state index >= 15 is 0 Å². The Hall–Kier alpha value is -2.05. The molecule has 1 aliphatic carbocycles. The van der Waals surface area contributed by atoms with E-state index in [-0.39, 0.29) is 13.0 Å². The summed E-state index contributed by atoms with van der Waals surface area (Å²) >= 11 is 0. The van der Waals surface area contributed by atoms with Crippen LogP contribution in [-0.2, 0) is 4.79 Å². The van der Waals surface area contributed by atoms with Gasteiger partial charge >= 0.3 is 12.0 Å². The van der Waals surface area contributed by atoms with Crippen molar-refractivity contribution in [1.82, 2.24) is 15.1 Å². The number of amides is 2. The molecule has 1 fully saturated rings. The summed E-state index contributed by atoms with van der Waals surface area (Å²) in [5, 5.41) is 18.1. The average Bonchev–Trinajstić information content (AvgIpc) is 2.81. The lowest BCUT2D eigenvalue weighted by molar-refractivity contribution is -0.136. The molecule has 3 N–H and O–H groups in total. The predicted molar refractivity (Wildman–Crippen MR) is 78.4 cm³/mol. The Labute approximate surface area is 123 Å². The molecule has 21 heavy (non-hydrogen) atoms. The minimum Gasteiger partial charge on any atom is -0.481 e. The zero-order chi connectivity index (χ0) is 15.2. The highest BCUT2D eigenvalue weighted by atomic mass is 16.4. The van der Waals surface area contributed by atoms with Gasteiger partial charge in [-0.25, -0.2) is 4.79 Å². The Bertz CT molecular complexity index is 506. The van der Waals surface area contributed by atoms with Crippen molar-refractivity contribution in [2.45, 2.75) is 51.5 Å². The Morgan fingerprint density at radius 2 is 2.10 bits per heavy atom. The molecule has 0 aliphatic heterocycles. The van der Waals surface area contributed by atoms with Gasteiger partial charge in [-0.1, -0.05) is 19.3 Å². The molecule has 0 spiro atoms. The third-order valence-electron chi connectivity index (χ3n) is 3.72. The van der Waals surface area contributed by atoms with Gasteiger partial charge in [0, 0.05) is 18.3 Å². The normalized spacial score (nSPS) is 15.7. The van der Waals surface area contributed by atoms with Crippen LogP contribution in [0.4, 0.5) is 10.6 Å². The van der Waals surface area contributed by atoms with Crippen molar-refractivity contribution in [1.29, 1.82) is 0 Å². The van der Waals surface area contributed by atoms with Gasteiger partial charge < -0.3 is 10.4 Å². The zero-order valence-corrected chi connectivity index (χ0v) is 12.3. The van der Waals surface area contributed by atoms with Crippen LogP contribution in [0, 0.1) is 6.92 Å². The molecular formula is C14H22N4O3. The molecule has 1 saturated carbocycles. The molecule has 0 bridgehead atoms. The molecule has 0 aromatic carbocycles. The van der Waals surface area contributed by atoms with Crippen LogP contribution in [-0.4, -0.2) is 33.4 Å². The van der Waals surface area contributed by atoms with E-state index in [0.29, 0.717) is 11.9 Å². The highest BCUT2D eigenvalue weighted by Gasteiger charge is 2.18. The molecule has 0 unspecified atom stereocenters. The number of carboxylic acid groups (broad SMARTS) is 1. The highest BCUT2D eigenvalue weighted by molar-refractivity contribution is 5.89. The molecule has 2 amide bonds. The Kier molecular flexibility index (Phi) is 5.19. The number of hydrogen-bond donors (Lipinski definition) is 3. The van der Waals surface area contributed by atoms with Crippen LogP contribution in [0.2, 0.25) is 0 Å². The maximum absolute atomic E-state index is 11.7. The van der Waals surface area contributed by atoms with Crippen LogP contribution >= 0.6 is 0 Å². The second kappa shape index (κ2) is 7.10. The number of aromatic nitrogens is 2. The van der Waals surface area contributed by atoms with Gasteiger partial charge in [-0.3, -0.25) is 14.8 Å². The van der Waals surface area contributed by atoms with Crippen LogP contribution in [0.15, 0.2) is 6.20 Å². The Morgan fingerprint density at radius 1 is 1.38 bits per heavy atom. The van der Waals surface area contributed by atoms with Gasteiger partial charge in [-0.2, -0.15) is 5.10 Å². The number of carbonyl (C=O) groups excluding carboxylic acids is 1. The van der Waals surface area contributed by atoms with Crippen molar-refractivity contribution in [3.63, 3.8) is 0 Å². The first-order valence-electron chi connectivity index (χ1n) is 7.38. The summed E-state index contributed by atoms with van der Waals surface area (Å²) in [6.45, 7) is 2.00. The fourth-order valence-electron chi connectivity index (χ4n) is 2.57. The SMILES string of the molecule is Cc1cn(C2CCCCC2)nc1NC(=O)NCCC(=O)O. The molecule has 7 nitrogen and oxygen atoms in total. The van der Waals surface area contributed by atoms with Gasteiger partial charge in [-0.05, 0) is 19.8 Å². The smallest absolute Gasteiger partial charge is 0.320 e. The van der Waals surface area contributed by atoms with Gasteiger partial charge in [0.2, 0.25) is 0 Å². The molecule has 0 saturated heterocycles. The van der Waals surface area contributed by atoms with Crippen molar-refractivity contribution < 1.29 is 14.7 Å². The molecule has 0 radical (unpaired) electrons. The number of nitrogens with one attached hydrogen (secondary N) is 2. The summed E-state index contributed by atoms with van der Waals surface area (Å²) in [5.74, 6) is -0.401. The van der Waals surface area contributed by atoms with Crippen molar-refractivity contribution in [3.05, 3.63) is 11.8 Å². The van der Waals surface area contributed by atoms with E-state index in [9.17, 15) is 9.59 Å². The van der Waals surface area contributed by atoms with Crippen LogP contribution < -0.4 is 10.6 Å². The minimum absolute atomic E-state index is 0.0943. The number of nitrogens with zero attached hydrogens (tertiary/aromatic N) is 2. The first-order chi connectivity index (χ1) is 10.1. The molecule has 1 aromatic heterocycles. The lowest BCUT2D eigenvalue weighted by Gasteiger charge is -2.21. The van der Waals surface area contributed by atoms with E-state index < -0.39 is 12.0 Å². The highest BCUT2D eigenvalue weighted by Crippen LogP contribution is 2.28. The molecular weight excluding hydrogens is 272 g/mol. The number of hydrogen-bond acceptors (Lipinski definition) is 3. The second-order valence-electron chi connectivity index (χ2n) is 5.46. The molecule has 1 aromatic rings. The fourth-order valence-corrected chi connectivity index (χ4v) is 2.57. The standard InChI is InChI=1S/C14H22N4O3/c1-10-9-18(11-5-3-2-4-6-11)17-13(10)16-14(21)15-8-7-12(19)20/h9,11H,2-8H2,1H3,(H,19,20)(H2,15,16,17,21). The fraction of sp³-hybridized carbons (Fsp3) is 0.643. The van der Waals surface area contributed by atoms with Crippen LogP contribution in [0.25, 0.3) is 0 Å². The maximum atomic E-state index is 11.7. The zero-order valence-electron chi connectivity index (χ0n) is 12.3. The summed E-state index contributed by atoms with van der Waals surface area (Å²) < 4.78 is 1.95. The molecule has 116 valence electrons. The Morgan fingerprint density at radius 3 is 2.76 bits per heavy atom. The number of rotatable bonds is 5. The average molecular weight is 294 g/mol. The first-order valence-corrected chi connectivity index (χ1v) is 7.38. The first kappa shape index (κ1) is 15.3. The number of anilines is 1. The van der Waals surface area contributed by atoms with Gasteiger partial charge in [0.05, 0.1) is 12.5 Å². The summed E-state index contributed by atoms with van der Waals surface area (Å²) in [6.07, 6.45) is 7.86. The van der Waals surface area contributed by atoms with Crippen molar-refractivity contribution in [2.24, 2.45) is 0 Å². The monoisotopic (exact) mass is 294 g/mol. The van der Waals surface area contributed by atoms with Gasteiger partial charge in [0.25, 0.3) is 0 Å². The number of urea groups is 1. The summed E-state index contributed by atoms with van der Waals surface area (Å²) in [6, 6.07) is -0.00341. The topological polar surface area (TPSA) is 96.3 Å². The summed E-state index contributed by atoms with van der Waals surface area (Å²) in [7, 11) is 0. The van der Waals surface area contributed by atoms with E-state index in [1.54, 1.807) is 0 Å². The largest absolute Gasteiger partial charge is 0.481 e. The predicted octanol–water partition coefficient (Wildman–Crippen LogP) is 2.29. The van der Waals surface area contributed by atoms with E-state index in [0.717, 1.165) is 18.4 Å². The molecule has 0 atom stereocenters. The van der Waals surface area contributed by atoms with Gasteiger partial charge in [-0.15, -0.1) is 0 Å². The van der Waals surface area contributed by atoms with Crippen molar-refractivity contribution >= 4 is 17.8 Å². The van der Waals surface area contributed by atoms with E-state index in [4.69, 9.17) is 5.11 Å². The Balaban J connectivity index is 1.89. The molecule has 1 heterocycles. The number of carbonyl (C=O) groups is 2. The molecule has 1 aliphatic rings. The second-order valence-corrected chi connectivity index (χ2v) is 5.46. The molecule has 7 heteroatoms. The minimum atomic E-state index is -0.937. The van der Waals surface area contributed by atoms with E-state index in [1.165, 1.54) is 19.3 Å². The van der Waals surface area contributed by atoms with Crippen LogP contribution in [0.1, 0.15) is 50.1 Å². The quantitative estimate of drug-likeness (QED) is 0.776. The van der Waals surface area contributed by atoms with E-state index in [2.05, 4.69) is 15.7 Å². The van der Waals surface area contributed by atoms with E-state index in [1.807, 2.05) is 17.8 Å². The molecule has 2 rings (SSSR count). The maximum Gasteiger partial charge on any atom is 0.320 e. The van der Waals surface area contributed by atoms with Crippen LogP contribution in [0.3, 0.4) is 0 Å². The summed E-state index contributed by atoms with van der Waals surface area (Å²) in [5.41, 5.74) is 0.911. The van der Waals surface area contributed by atoms with Gasteiger partial charge in [0.15, 0.2) is 5.82 Å². The number of carboxylic acids is 1.